The van der Waals surface area contributed by atoms with E-state index in [4.69, 9.17) is 4.74 Å². The lowest BCUT2D eigenvalue weighted by Gasteiger charge is -2.13. The molecule has 20 heavy (non-hydrogen) atoms. The Bertz CT molecular complexity index is 583. The number of hydrogen-bond donors (Lipinski definition) is 0. The molecule has 0 amide bonds. The van der Waals surface area contributed by atoms with E-state index in [1.54, 1.807) is 0 Å². The summed E-state index contributed by atoms with van der Waals surface area (Å²) in [4.78, 5) is 12.4. The van der Waals surface area contributed by atoms with Crippen molar-refractivity contribution in [1.29, 1.82) is 0 Å². The number of ketones is 1. The second-order valence-corrected chi connectivity index (χ2v) is 5.46. The highest BCUT2D eigenvalue weighted by Crippen LogP contribution is 2.26. The van der Waals surface area contributed by atoms with Crippen molar-refractivity contribution in [3.05, 3.63) is 64.7 Å². The molecular formula is C17H17BrO2. The average molecular weight is 333 g/mol. The van der Waals surface area contributed by atoms with Crippen LogP contribution < -0.4 is 4.74 Å². The number of hydrogen-bond acceptors (Lipinski definition) is 2. The van der Waals surface area contributed by atoms with E-state index in [0.29, 0.717) is 17.7 Å². The van der Waals surface area contributed by atoms with Crippen molar-refractivity contribution >= 4 is 21.7 Å². The highest BCUT2D eigenvalue weighted by molar-refractivity contribution is 9.09. The van der Waals surface area contributed by atoms with Crippen LogP contribution in [-0.2, 0) is 0 Å². The van der Waals surface area contributed by atoms with Crippen LogP contribution in [0.2, 0.25) is 0 Å². The van der Waals surface area contributed by atoms with E-state index in [0.717, 1.165) is 22.2 Å². The second kappa shape index (κ2) is 6.71. The number of halogens is 1. The van der Waals surface area contributed by atoms with Crippen molar-refractivity contribution < 1.29 is 9.53 Å². The molecule has 2 aromatic carbocycles. The molecule has 0 atom stereocenters. The minimum atomic E-state index is 0.0452. The molecule has 0 bridgehead atoms. The summed E-state index contributed by atoms with van der Waals surface area (Å²) < 4.78 is 5.70. The normalized spacial score (nSPS) is 10.3. The van der Waals surface area contributed by atoms with E-state index in [1.807, 2.05) is 56.3 Å². The van der Waals surface area contributed by atoms with Crippen LogP contribution in [0.1, 0.15) is 27.0 Å². The molecule has 0 aliphatic rings. The molecule has 0 aromatic heterocycles. The molecule has 2 nitrogen and oxygen atoms in total. The number of aryl methyl sites for hydroxylation is 2. The average Bonchev–Trinajstić information content (AvgIpc) is 2.46. The van der Waals surface area contributed by atoms with Crippen molar-refractivity contribution in [2.45, 2.75) is 13.8 Å². The summed E-state index contributed by atoms with van der Waals surface area (Å²) in [6, 6.07) is 13.1. The number of carbonyl (C=O) groups excluding carboxylic acids is 1. The van der Waals surface area contributed by atoms with Gasteiger partial charge >= 0.3 is 0 Å². The van der Waals surface area contributed by atoms with Crippen molar-refractivity contribution in [3.63, 3.8) is 0 Å². The first-order valence-electron chi connectivity index (χ1n) is 6.53. The van der Waals surface area contributed by atoms with Crippen LogP contribution in [0, 0.1) is 13.8 Å². The van der Waals surface area contributed by atoms with Gasteiger partial charge in [-0.3, -0.25) is 4.79 Å². The van der Waals surface area contributed by atoms with E-state index >= 15 is 0 Å². The van der Waals surface area contributed by atoms with Crippen LogP contribution >= 0.6 is 15.9 Å². The third-order valence-electron chi connectivity index (χ3n) is 3.08. The molecule has 0 radical (unpaired) electrons. The quantitative estimate of drug-likeness (QED) is 0.602. The first kappa shape index (κ1) is 14.8. The van der Waals surface area contributed by atoms with Gasteiger partial charge in [0.05, 0.1) is 6.61 Å². The summed E-state index contributed by atoms with van der Waals surface area (Å²) >= 11 is 3.35. The first-order chi connectivity index (χ1) is 9.63. The Morgan fingerprint density at radius 1 is 1.05 bits per heavy atom. The molecule has 0 spiro atoms. The molecule has 0 heterocycles. The minimum absolute atomic E-state index is 0.0452. The summed E-state index contributed by atoms with van der Waals surface area (Å²) in [5.74, 6) is 0.915. The highest BCUT2D eigenvalue weighted by atomic mass is 79.9. The second-order valence-electron chi connectivity index (χ2n) is 4.67. The fourth-order valence-electron chi connectivity index (χ4n) is 2.21. The molecule has 2 rings (SSSR count). The smallest absolute Gasteiger partial charge is 0.193 e. The minimum Gasteiger partial charge on any atom is -0.492 e. The van der Waals surface area contributed by atoms with Gasteiger partial charge in [-0.25, -0.2) is 0 Å². The number of alkyl halides is 1. The lowest BCUT2D eigenvalue weighted by atomic mass is 9.98. The molecule has 104 valence electrons. The number of carbonyl (C=O) groups is 1. The predicted molar refractivity (Wildman–Crippen MR) is 85.1 cm³/mol. The molecular weight excluding hydrogens is 316 g/mol. The molecule has 0 saturated carbocycles. The number of benzene rings is 2. The van der Waals surface area contributed by atoms with Crippen molar-refractivity contribution in [1.82, 2.24) is 0 Å². The van der Waals surface area contributed by atoms with Crippen molar-refractivity contribution in [3.8, 4) is 5.75 Å². The topological polar surface area (TPSA) is 26.3 Å². The molecule has 0 aliphatic heterocycles. The van der Waals surface area contributed by atoms with E-state index < -0.39 is 0 Å². The summed E-state index contributed by atoms with van der Waals surface area (Å²) in [5, 5.41) is 0.788. The fourth-order valence-corrected chi connectivity index (χ4v) is 2.37. The molecule has 0 aliphatic carbocycles. The summed E-state index contributed by atoms with van der Waals surface area (Å²) in [6.07, 6.45) is 0. The Kier molecular flexibility index (Phi) is 4.96. The third-order valence-corrected chi connectivity index (χ3v) is 3.41. The Labute approximate surface area is 127 Å². The molecule has 3 heteroatoms. The summed E-state index contributed by atoms with van der Waals surface area (Å²) in [7, 11) is 0. The zero-order valence-corrected chi connectivity index (χ0v) is 13.2. The fraction of sp³-hybridized carbons (Fsp3) is 0.235. The zero-order chi connectivity index (χ0) is 14.5. The molecule has 0 unspecified atom stereocenters. The summed E-state index contributed by atoms with van der Waals surface area (Å²) in [5.41, 5.74) is 3.40. The van der Waals surface area contributed by atoms with Crippen LogP contribution in [0.25, 0.3) is 0 Å². The van der Waals surface area contributed by atoms with Crippen LogP contribution in [0.15, 0.2) is 42.5 Å². The van der Waals surface area contributed by atoms with Gasteiger partial charge in [-0.1, -0.05) is 46.3 Å². The highest BCUT2D eigenvalue weighted by Gasteiger charge is 2.13. The van der Waals surface area contributed by atoms with Gasteiger partial charge in [0, 0.05) is 16.5 Å². The number of ether oxygens (including phenoxy) is 1. The van der Waals surface area contributed by atoms with Gasteiger partial charge in [-0.2, -0.15) is 0 Å². The maximum absolute atomic E-state index is 12.4. The van der Waals surface area contributed by atoms with E-state index in [-0.39, 0.29) is 5.78 Å². The standard InChI is InChI=1S/C17H17BrO2/c1-12-10-15(11-13(2)17(12)20-9-8-18)16(19)14-6-4-3-5-7-14/h3-7,10-11H,8-9H2,1-2H3. The van der Waals surface area contributed by atoms with E-state index in [2.05, 4.69) is 15.9 Å². The van der Waals surface area contributed by atoms with Gasteiger partial charge in [-0.05, 0) is 37.1 Å². The maximum atomic E-state index is 12.4. The van der Waals surface area contributed by atoms with Crippen LogP contribution in [0.5, 0.6) is 5.75 Å². The van der Waals surface area contributed by atoms with Gasteiger partial charge < -0.3 is 4.74 Å². The lowest BCUT2D eigenvalue weighted by Crippen LogP contribution is -2.05. The summed E-state index contributed by atoms with van der Waals surface area (Å²) in [6.45, 7) is 4.56. The van der Waals surface area contributed by atoms with Crippen LogP contribution in [0.4, 0.5) is 0 Å². The molecule has 2 aromatic rings. The van der Waals surface area contributed by atoms with Gasteiger partial charge in [0.2, 0.25) is 0 Å². The van der Waals surface area contributed by atoms with Gasteiger partial charge in [0.25, 0.3) is 0 Å². The van der Waals surface area contributed by atoms with Crippen LogP contribution in [0.3, 0.4) is 0 Å². The Morgan fingerprint density at radius 2 is 1.65 bits per heavy atom. The largest absolute Gasteiger partial charge is 0.492 e. The van der Waals surface area contributed by atoms with Crippen molar-refractivity contribution in [2.24, 2.45) is 0 Å². The Balaban J connectivity index is 2.33. The monoisotopic (exact) mass is 332 g/mol. The first-order valence-corrected chi connectivity index (χ1v) is 7.65. The van der Waals surface area contributed by atoms with Gasteiger partial charge in [0.15, 0.2) is 5.78 Å². The number of rotatable bonds is 5. The molecule has 0 N–H and O–H groups in total. The predicted octanol–water partition coefficient (Wildman–Crippen LogP) is 4.31. The zero-order valence-electron chi connectivity index (χ0n) is 11.7. The Hall–Kier alpha value is -1.61. The van der Waals surface area contributed by atoms with E-state index in [1.165, 1.54) is 0 Å². The SMILES string of the molecule is Cc1cc(C(=O)c2ccccc2)cc(C)c1OCCBr. The maximum Gasteiger partial charge on any atom is 0.193 e. The van der Waals surface area contributed by atoms with Crippen LogP contribution in [-0.4, -0.2) is 17.7 Å². The molecule has 0 fully saturated rings. The van der Waals surface area contributed by atoms with E-state index in [9.17, 15) is 4.79 Å². The Morgan fingerprint density at radius 3 is 2.20 bits per heavy atom. The van der Waals surface area contributed by atoms with Gasteiger partial charge in [0.1, 0.15) is 5.75 Å². The molecule has 0 saturated heterocycles. The van der Waals surface area contributed by atoms with Crippen molar-refractivity contribution in [2.75, 3.05) is 11.9 Å². The third kappa shape index (κ3) is 3.28. The van der Waals surface area contributed by atoms with Gasteiger partial charge in [-0.15, -0.1) is 0 Å². The lowest BCUT2D eigenvalue weighted by molar-refractivity contribution is 0.103.